The van der Waals surface area contributed by atoms with Crippen LogP contribution < -0.4 is 11.1 Å². The van der Waals surface area contributed by atoms with Crippen LogP contribution in [0.5, 0.6) is 0 Å². The van der Waals surface area contributed by atoms with Crippen molar-refractivity contribution in [1.82, 2.24) is 19.0 Å². The molecule has 1 fully saturated rings. The molecule has 3 rings (SSSR count). The summed E-state index contributed by atoms with van der Waals surface area (Å²) in [5.74, 6) is 0.511. The predicted octanol–water partition coefficient (Wildman–Crippen LogP) is 1.43. The molecule has 0 radical (unpaired) electrons. The molecule has 2 aromatic heterocycles. The molecule has 0 spiro atoms. The zero-order valence-corrected chi connectivity index (χ0v) is 15.0. The SMILES string of the molecule is Cc1ncn(CC2CCN(CCn3ccccc3=O)CC2)c(=O)c1C. The highest BCUT2D eigenvalue weighted by atomic mass is 16.1. The van der Waals surface area contributed by atoms with Crippen molar-refractivity contribution < 1.29 is 0 Å². The number of likely N-dealkylation sites (tertiary alicyclic amines) is 1. The fourth-order valence-corrected chi connectivity index (χ4v) is 3.37. The van der Waals surface area contributed by atoms with E-state index < -0.39 is 0 Å². The molecule has 1 aliphatic rings. The van der Waals surface area contributed by atoms with Crippen molar-refractivity contribution >= 4 is 0 Å². The Morgan fingerprint density at radius 1 is 1.08 bits per heavy atom. The van der Waals surface area contributed by atoms with Crippen molar-refractivity contribution in [2.24, 2.45) is 5.92 Å². The average molecular weight is 342 g/mol. The Bertz CT molecular complexity index is 832. The Morgan fingerprint density at radius 2 is 1.84 bits per heavy atom. The minimum Gasteiger partial charge on any atom is -0.314 e. The maximum absolute atomic E-state index is 12.3. The molecule has 0 bridgehead atoms. The van der Waals surface area contributed by atoms with E-state index in [-0.39, 0.29) is 11.1 Å². The molecular weight excluding hydrogens is 316 g/mol. The van der Waals surface area contributed by atoms with Crippen LogP contribution in [-0.2, 0) is 13.1 Å². The van der Waals surface area contributed by atoms with E-state index in [1.165, 1.54) is 0 Å². The van der Waals surface area contributed by atoms with Gasteiger partial charge in [0.1, 0.15) is 0 Å². The normalized spacial score (nSPS) is 16.2. The van der Waals surface area contributed by atoms with E-state index in [4.69, 9.17) is 0 Å². The molecule has 0 N–H and O–H groups in total. The lowest BCUT2D eigenvalue weighted by molar-refractivity contribution is 0.167. The van der Waals surface area contributed by atoms with Crippen LogP contribution in [0.25, 0.3) is 0 Å². The van der Waals surface area contributed by atoms with Gasteiger partial charge in [0.05, 0.1) is 6.33 Å². The van der Waals surface area contributed by atoms with Crippen LogP contribution in [0.1, 0.15) is 24.1 Å². The lowest BCUT2D eigenvalue weighted by Crippen LogP contribution is -2.39. The molecule has 6 nitrogen and oxygen atoms in total. The fraction of sp³-hybridized carbons (Fsp3) is 0.526. The maximum Gasteiger partial charge on any atom is 0.256 e. The highest BCUT2D eigenvalue weighted by Gasteiger charge is 2.20. The van der Waals surface area contributed by atoms with Gasteiger partial charge in [0.2, 0.25) is 0 Å². The summed E-state index contributed by atoms with van der Waals surface area (Å²) in [6.07, 6.45) is 5.67. The van der Waals surface area contributed by atoms with Gasteiger partial charge in [0.15, 0.2) is 0 Å². The number of aromatic nitrogens is 3. The molecule has 1 saturated heterocycles. The van der Waals surface area contributed by atoms with Gasteiger partial charge in [0, 0.05) is 43.2 Å². The summed E-state index contributed by atoms with van der Waals surface area (Å²) in [7, 11) is 0. The number of nitrogens with zero attached hydrogens (tertiary/aromatic N) is 4. The van der Waals surface area contributed by atoms with Gasteiger partial charge in [-0.1, -0.05) is 6.07 Å². The zero-order chi connectivity index (χ0) is 17.8. The van der Waals surface area contributed by atoms with Gasteiger partial charge in [-0.05, 0) is 51.8 Å². The summed E-state index contributed by atoms with van der Waals surface area (Å²) in [4.78, 5) is 30.7. The lowest BCUT2D eigenvalue weighted by Gasteiger charge is -2.32. The smallest absolute Gasteiger partial charge is 0.256 e. The number of pyridine rings is 1. The molecule has 0 saturated carbocycles. The Balaban J connectivity index is 1.51. The van der Waals surface area contributed by atoms with Crippen LogP contribution in [0.4, 0.5) is 0 Å². The van der Waals surface area contributed by atoms with E-state index in [0.29, 0.717) is 5.92 Å². The molecule has 2 aromatic rings. The van der Waals surface area contributed by atoms with E-state index in [1.54, 1.807) is 27.6 Å². The number of hydrogen-bond acceptors (Lipinski definition) is 4. The molecule has 1 aliphatic heterocycles. The Hall–Kier alpha value is -2.21. The van der Waals surface area contributed by atoms with Gasteiger partial charge in [-0.2, -0.15) is 0 Å². The Morgan fingerprint density at radius 3 is 2.56 bits per heavy atom. The monoisotopic (exact) mass is 342 g/mol. The summed E-state index contributed by atoms with van der Waals surface area (Å²) >= 11 is 0. The molecule has 3 heterocycles. The van der Waals surface area contributed by atoms with Crippen LogP contribution >= 0.6 is 0 Å². The highest BCUT2D eigenvalue weighted by Crippen LogP contribution is 2.18. The molecule has 6 heteroatoms. The van der Waals surface area contributed by atoms with Crippen LogP contribution in [0, 0.1) is 19.8 Å². The molecule has 0 unspecified atom stereocenters. The lowest BCUT2D eigenvalue weighted by atomic mass is 9.96. The number of hydrogen-bond donors (Lipinski definition) is 0. The van der Waals surface area contributed by atoms with Gasteiger partial charge in [0.25, 0.3) is 11.1 Å². The average Bonchev–Trinajstić information content (AvgIpc) is 2.63. The summed E-state index contributed by atoms with van der Waals surface area (Å²) in [6.45, 7) is 8.11. The maximum atomic E-state index is 12.3. The summed E-state index contributed by atoms with van der Waals surface area (Å²) in [6, 6.07) is 5.26. The molecule has 0 aliphatic carbocycles. The third-order valence-electron chi connectivity index (χ3n) is 5.23. The Labute approximate surface area is 147 Å². The van der Waals surface area contributed by atoms with Crippen molar-refractivity contribution in [3.05, 3.63) is 62.7 Å². The summed E-state index contributed by atoms with van der Waals surface area (Å²) in [5, 5.41) is 0. The van der Waals surface area contributed by atoms with Crippen LogP contribution in [0.2, 0.25) is 0 Å². The molecule has 134 valence electrons. The van der Waals surface area contributed by atoms with Crippen LogP contribution in [0.15, 0.2) is 40.3 Å². The van der Waals surface area contributed by atoms with Gasteiger partial charge in [-0.25, -0.2) is 4.98 Å². The second-order valence-corrected chi connectivity index (χ2v) is 6.93. The first kappa shape index (κ1) is 17.6. The van der Waals surface area contributed by atoms with Crippen molar-refractivity contribution in [3.63, 3.8) is 0 Å². The molecule has 0 atom stereocenters. The van der Waals surface area contributed by atoms with Crippen molar-refractivity contribution in [2.45, 2.75) is 39.8 Å². The van der Waals surface area contributed by atoms with E-state index in [9.17, 15) is 9.59 Å². The molecule has 0 aromatic carbocycles. The van der Waals surface area contributed by atoms with Crippen molar-refractivity contribution in [2.75, 3.05) is 19.6 Å². The first-order valence-electron chi connectivity index (χ1n) is 8.95. The van der Waals surface area contributed by atoms with Crippen molar-refractivity contribution in [3.8, 4) is 0 Å². The van der Waals surface area contributed by atoms with Crippen molar-refractivity contribution in [1.29, 1.82) is 0 Å². The van der Waals surface area contributed by atoms with Gasteiger partial charge >= 0.3 is 0 Å². The van der Waals surface area contributed by atoms with Gasteiger partial charge in [-0.15, -0.1) is 0 Å². The summed E-state index contributed by atoms with van der Waals surface area (Å²) in [5.41, 5.74) is 1.69. The molecular formula is C19H26N4O2. The second-order valence-electron chi connectivity index (χ2n) is 6.93. The first-order valence-corrected chi connectivity index (χ1v) is 8.95. The predicted molar refractivity (Wildman–Crippen MR) is 97.8 cm³/mol. The van der Waals surface area contributed by atoms with Gasteiger partial charge in [-0.3, -0.25) is 14.2 Å². The van der Waals surface area contributed by atoms with Gasteiger partial charge < -0.3 is 9.47 Å². The molecule has 25 heavy (non-hydrogen) atoms. The van der Waals surface area contributed by atoms with E-state index >= 15 is 0 Å². The third-order valence-corrected chi connectivity index (χ3v) is 5.23. The zero-order valence-electron chi connectivity index (χ0n) is 15.0. The quantitative estimate of drug-likeness (QED) is 0.825. The van der Waals surface area contributed by atoms with Crippen LogP contribution in [0.3, 0.4) is 0 Å². The van der Waals surface area contributed by atoms with E-state index in [2.05, 4.69) is 9.88 Å². The van der Waals surface area contributed by atoms with E-state index in [0.717, 1.165) is 56.8 Å². The van der Waals surface area contributed by atoms with E-state index in [1.807, 2.05) is 26.1 Å². The number of rotatable bonds is 5. The largest absolute Gasteiger partial charge is 0.314 e. The topological polar surface area (TPSA) is 60.1 Å². The standard InChI is InChI=1S/C19H26N4O2/c1-15-16(2)20-14-23(19(15)25)13-17-6-9-21(10-7-17)11-12-22-8-4-3-5-18(22)24/h3-5,8,14,17H,6-7,9-13H2,1-2H3. The minimum absolute atomic E-state index is 0.0546. The fourth-order valence-electron chi connectivity index (χ4n) is 3.37. The number of piperidine rings is 1. The second kappa shape index (κ2) is 7.78. The third kappa shape index (κ3) is 4.25. The minimum atomic E-state index is 0.0546. The first-order chi connectivity index (χ1) is 12.0. The highest BCUT2D eigenvalue weighted by molar-refractivity contribution is 5.12. The summed E-state index contributed by atoms with van der Waals surface area (Å²) < 4.78 is 3.51. The molecule has 0 amide bonds. The van der Waals surface area contributed by atoms with Crippen LogP contribution in [-0.4, -0.2) is 38.7 Å². The Kier molecular flexibility index (Phi) is 5.48. The number of aryl methyl sites for hydroxylation is 1.